The van der Waals surface area contributed by atoms with Gasteiger partial charge in [-0.2, -0.15) is 0 Å². The van der Waals surface area contributed by atoms with Gasteiger partial charge < -0.3 is 5.73 Å². The highest BCUT2D eigenvalue weighted by atomic mass is 32.1. The molecule has 1 aromatic heterocycles. The Kier molecular flexibility index (Phi) is 3.79. The molecule has 2 rings (SSSR count). The predicted octanol–water partition coefficient (Wildman–Crippen LogP) is 2.24. The molecular formula is C14H16N2OS. The van der Waals surface area contributed by atoms with Gasteiger partial charge in [-0.1, -0.05) is 36.4 Å². The SMILES string of the molecule is CC(NCc1cccs1)(C(N)=O)c1ccccc1. The van der Waals surface area contributed by atoms with Crippen LogP contribution in [0.2, 0.25) is 0 Å². The molecule has 0 radical (unpaired) electrons. The second kappa shape index (κ2) is 5.33. The van der Waals surface area contributed by atoms with E-state index in [9.17, 15) is 4.79 Å². The van der Waals surface area contributed by atoms with Crippen LogP contribution in [0, 0.1) is 0 Å². The van der Waals surface area contributed by atoms with Gasteiger partial charge in [-0.3, -0.25) is 10.1 Å². The van der Waals surface area contributed by atoms with E-state index in [1.165, 1.54) is 4.88 Å². The molecule has 0 saturated heterocycles. The van der Waals surface area contributed by atoms with Gasteiger partial charge in [0.25, 0.3) is 0 Å². The van der Waals surface area contributed by atoms with Gasteiger partial charge in [0.1, 0.15) is 5.54 Å². The van der Waals surface area contributed by atoms with Crippen molar-refractivity contribution in [2.24, 2.45) is 5.73 Å². The summed E-state index contributed by atoms with van der Waals surface area (Å²) in [4.78, 5) is 12.9. The minimum Gasteiger partial charge on any atom is -0.368 e. The van der Waals surface area contributed by atoms with Crippen molar-refractivity contribution in [3.63, 3.8) is 0 Å². The Labute approximate surface area is 111 Å². The lowest BCUT2D eigenvalue weighted by atomic mass is 9.91. The van der Waals surface area contributed by atoms with Gasteiger partial charge in [0.15, 0.2) is 0 Å². The smallest absolute Gasteiger partial charge is 0.242 e. The lowest BCUT2D eigenvalue weighted by Crippen LogP contribution is -2.49. The van der Waals surface area contributed by atoms with Crippen molar-refractivity contribution in [3.8, 4) is 0 Å². The van der Waals surface area contributed by atoms with Crippen molar-refractivity contribution in [2.45, 2.75) is 19.0 Å². The van der Waals surface area contributed by atoms with Gasteiger partial charge in [-0.05, 0) is 23.9 Å². The van der Waals surface area contributed by atoms with Gasteiger partial charge in [0.2, 0.25) is 5.91 Å². The Morgan fingerprint density at radius 2 is 2.00 bits per heavy atom. The number of nitrogens with one attached hydrogen (secondary N) is 1. The minimum atomic E-state index is -0.842. The van der Waals surface area contributed by atoms with Crippen molar-refractivity contribution in [1.29, 1.82) is 0 Å². The Hall–Kier alpha value is -1.65. The fourth-order valence-electron chi connectivity index (χ4n) is 1.78. The molecule has 94 valence electrons. The molecule has 0 aliphatic heterocycles. The number of benzene rings is 1. The van der Waals surface area contributed by atoms with E-state index >= 15 is 0 Å². The highest BCUT2D eigenvalue weighted by Gasteiger charge is 2.32. The molecule has 18 heavy (non-hydrogen) atoms. The van der Waals surface area contributed by atoms with Crippen LogP contribution in [-0.4, -0.2) is 5.91 Å². The lowest BCUT2D eigenvalue weighted by Gasteiger charge is -2.28. The topological polar surface area (TPSA) is 55.1 Å². The Bertz CT molecular complexity index is 510. The van der Waals surface area contributed by atoms with Gasteiger partial charge in [0, 0.05) is 11.4 Å². The average molecular weight is 260 g/mol. The molecule has 1 aromatic carbocycles. The zero-order valence-corrected chi connectivity index (χ0v) is 11.0. The molecule has 0 spiro atoms. The van der Waals surface area contributed by atoms with Crippen LogP contribution in [-0.2, 0) is 16.9 Å². The summed E-state index contributed by atoms with van der Waals surface area (Å²) in [6.45, 7) is 2.45. The highest BCUT2D eigenvalue weighted by Crippen LogP contribution is 2.21. The van der Waals surface area contributed by atoms with Gasteiger partial charge >= 0.3 is 0 Å². The van der Waals surface area contributed by atoms with Crippen molar-refractivity contribution in [3.05, 3.63) is 58.3 Å². The number of primary amides is 1. The van der Waals surface area contributed by atoms with Crippen molar-refractivity contribution in [2.75, 3.05) is 0 Å². The summed E-state index contributed by atoms with van der Waals surface area (Å²) >= 11 is 1.66. The standard InChI is InChI=1S/C14H16N2OS/c1-14(13(15)17,11-6-3-2-4-7-11)16-10-12-8-5-9-18-12/h2-9,16H,10H2,1H3,(H2,15,17). The second-order valence-electron chi connectivity index (χ2n) is 4.29. The summed E-state index contributed by atoms with van der Waals surface area (Å²) < 4.78 is 0. The summed E-state index contributed by atoms with van der Waals surface area (Å²) in [6.07, 6.45) is 0. The molecule has 0 aliphatic rings. The van der Waals surface area contributed by atoms with Crippen LogP contribution in [0.5, 0.6) is 0 Å². The van der Waals surface area contributed by atoms with Crippen LogP contribution in [0.25, 0.3) is 0 Å². The molecule has 1 atom stereocenters. The van der Waals surface area contributed by atoms with E-state index in [-0.39, 0.29) is 5.91 Å². The molecule has 4 heteroatoms. The van der Waals surface area contributed by atoms with Gasteiger partial charge in [0.05, 0.1) is 0 Å². The molecule has 0 aliphatic carbocycles. The molecule has 1 heterocycles. The summed E-state index contributed by atoms with van der Waals surface area (Å²) in [5.74, 6) is -0.370. The third-order valence-corrected chi connectivity index (χ3v) is 3.92. The fourth-order valence-corrected chi connectivity index (χ4v) is 2.42. The molecular weight excluding hydrogens is 244 g/mol. The van der Waals surface area contributed by atoms with Crippen molar-refractivity contribution in [1.82, 2.24) is 5.32 Å². The lowest BCUT2D eigenvalue weighted by molar-refractivity contribution is -0.124. The number of carbonyl (C=O) groups excluding carboxylic acids is 1. The maximum absolute atomic E-state index is 11.7. The van der Waals surface area contributed by atoms with Crippen LogP contribution in [0.3, 0.4) is 0 Å². The number of nitrogens with two attached hydrogens (primary N) is 1. The van der Waals surface area contributed by atoms with Crippen LogP contribution >= 0.6 is 11.3 Å². The number of carbonyl (C=O) groups is 1. The van der Waals surface area contributed by atoms with Crippen LogP contribution in [0.4, 0.5) is 0 Å². The van der Waals surface area contributed by atoms with E-state index in [0.717, 1.165) is 5.56 Å². The molecule has 0 bridgehead atoms. The normalized spacial score (nSPS) is 14.1. The summed E-state index contributed by atoms with van der Waals surface area (Å²) in [7, 11) is 0. The number of hydrogen-bond donors (Lipinski definition) is 2. The first-order valence-corrected chi connectivity index (χ1v) is 6.64. The van der Waals surface area contributed by atoms with E-state index in [4.69, 9.17) is 5.73 Å². The Balaban J connectivity index is 2.20. The van der Waals surface area contributed by atoms with E-state index in [1.807, 2.05) is 54.8 Å². The number of hydrogen-bond acceptors (Lipinski definition) is 3. The zero-order valence-electron chi connectivity index (χ0n) is 10.2. The van der Waals surface area contributed by atoms with Crippen molar-refractivity contribution < 1.29 is 4.79 Å². The Morgan fingerprint density at radius 1 is 1.28 bits per heavy atom. The van der Waals surface area contributed by atoms with Gasteiger partial charge in [-0.15, -0.1) is 11.3 Å². The van der Waals surface area contributed by atoms with E-state index in [0.29, 0.717) is 6.54 Å². The fraction of sp³-hybridized carbons (Fsp3) is 0.214. The summed E-state index contributed by atoms with van der Waals surface area (Å²) in [5.41, 5.74) is 5.59. The maximum atomic E-state index is 11.7. The number of amides is 1. The largest absolute Gasteiger partial charge is 0.368 e. The minimum absolute atomic E-state index is 0.370. The van der Waals surface area contributed by atoms with Crippen LogP contribution < -0.4 is 11.1 Å². The zero-order chi connectivity index (χ0) is 13.0. The van der Waals surface area contributed by atoms with E-state index < -0.39 is 5.54 Å². The molecule has 2 aromatic rings. The second-order valence-corrected chi connectivity index (χ2v) is 5.32. The monoisotopic (exact) mass is 260 g/mol. The molecule has 1 amide bonds. The first-order valence-electron chi connectivity index (χ1n) is 5.76. The first kappa shape index (κ1) is 12.8. The quantitative estimate of drug-likeness (QED) is 0.866. The number of thiophene rings is 1. The van der Waals surface area contributed by atoms with Crippen LogP contribution in [0.1, 0.15) is 17.4 Å². The van der Waals surface area contributed by atoms with Crippen molar-refractivity contribution >= 4 is 17.2 Å². The maximum Gasteiger partial charge on any atom is 0.242 e. The highest BCUT2D eigenvalue weighted by molar-refractivity contribution is 7.09. The van der Waals surface area contributed by atoms with E-state index in [2.05, 4.69) is 5.32 Å². The number of rotatable bonds is 5. The molecule has 1 unspecified atom stereocenters. The first-order chi connectivity index (χ1) is 8.63. The third-order valence-electron chi connectivity index (χ3n) is 3.04. The van der Waals surface area contributed by atoms with Gasteiger partial charge in [-0.25, -0.2) is 0 Å². The van der Waals surface area contributed by atoms with E-state index in [1.54, 1.807) is 11.3 Å². The third kappa shape index (κ3) is 2.60. The molecule has 3 N–H and O–H groups in total. The predicted molar refractivity (Wildman–Crippen MR) is 74.1 cm³/mol. The molecule has 0 fully saturated rings. The summed E-state index contributed by atoms with van der Waals surface area (Å²) in [6, 6.07) is 13.6. The Morgan fingerprint density at radius 3 is 2.56 bits per heavy atom. The molecule has 0 saturated carbocycles. The molecule has 3 nitrogen and oxygen atoms in total. The van der Waals surface area contributed by atoms with Crippen LogP contribution in [0.15, 0.2) is 47.8 Å². The summed E-state index contributed by atoms with van der Waals surface area (Å²) in [5, 5.41) is 5.27. The average Bonchev–Trinajstić information content (AvgIpc) is 2.90.